The zero-order valence-electron chi connectivity index (χ0n) is 12.0. The molecule has 3 N–H and O–H groups in total. The predicted molar refractivity (Wildman–Crippen MR) is 84.9 cm³/mol. The van der Waals surface area contributed by atoms with Crippen molar-refractivity contribution in [1.29, 1.82) is 0 Å². The summed E-state index contributed by atoms with van der Waals surface area (Å²) in [6, 6.07) is 6.47. The van der Waals surface area contributed by atoms with Crippen LogP contribution in [-0.2, 0) is 6.42 Å². The number of benzene rings is 1. The van der Waals surface area contributed by atoms with E-state index in [1.807, 2.05) is 0 Å². The molecule has 0 unspecified atom stereocenters. The molecule has 0 radical (unpaired) electrons. The quantitative estimate of drug-likeness (QED) is 0.450. The number of aromatic nitrogens is 1. The average Bonchev–Trinajstić information content (AvgIpc) is 2.85. The molecule has 0 aliphatic carbocycles. The summed E-state index contributed by atoms with van der Waals surface area (Å²) in [5.41, 5.74) is 3.76. The van der Waals surface area contributed by atoms with Gasteiger partial charge in [-0.25, -0.2) is 0 Å². The number of hydrogen-bond donors (Lipinski definition) is 3. The maximum atomic E-state index is 5.21. The topological polar surface area (TPSA) is 52.2 Å². The van der Waals surface area contributed by atoms with Gasteiger partial charge in [-0.05, 0) is 30.5 Å². The summed E-state index contributed by atoms with van der Waals surface area (Å²) < 4.78 is 0. The SMILES string of the molecule is C#CCNC(=NC)NCCc1c[nH]c2cc(C)ccc12. The molecule has 2 rings (SSSR count). The smallest absolute Gasteiger partial charge is 0.191 e. The number of terminal acetylenes is 1. The number of fused-ring (bicyclic) bond motifs is 1. The number of hydrogen-bond acceptors (Lipinski definition) is 1. The highest BCUT2D eigenvalue weighted by Crippen LogP contribution is 2.19. The summed E-state index contributed by atoms with van der Waals surface area (Å²) in [6.45, 7) is 3.39. The lowest BCUT2D eigenvalue weighted by atomic mass is 10.1. The maximum Gasteiger partial charge on any atom is 0.191 e. The van der Waals surface area contributed by atoms with Crippen molar-refractivity contribution in [1.82, 2.24) is 15.6 Å². The van der Waals surface area contributed by atoms with E-state index in [0.29, 0.717) is 6.54 Å². The standard InChI is InChI=1S/C16H20N4/c1-4-8-18-16(17-3)19-9-7-13-11-20-15-10-12(2)5-6-14(13)15/h1,5-6,10-11,20H,7-9H2,2-3H3,(H2,17,18,19). The normalized spacial score (nSPS) is 11.3. The first-order valence-corrected chi connectivity index (χ1v) is 6.69. The predicted octanol–water partition coefficient (Wildman–Crippen LogP) is 1.82. The van der Waals surface area contributed by atoms with Crippen molar-refractivity contribution in [3.63, 3.8) is 0 Å². The molecular weight excluding hydrogens is 248 g/mol. The Balaban J connectivity index is 1.95. The van der Waals surface area contributed by atoms with Gasteiger partial charge in [-0.1, -0.05) is 18.1 Å². The molecule has 0 bridgehead atoms. The molecule has 0 spiro atoms. The first-order valence-electron chi connectivity index (χ1n) is 6.69. The molecular formula is C16H20N4. The zero-order valence-corrected chi connectivity index (χ0v) is 12.0. The van der Waals surface area contributed by atoms with Gasteiger partial charge in [0.15, 0.2) is 5.96 Å². The Morgan fingerprint density at radius 2 is 2.25 bits per heavy atom. The summed E-state index contributed by atoms with van der Waals surface area (Å²) in [5, 5.41) is 7.57. The van der Waals surface area contributed by atoms with Crippen LogP contribution in [0.3, 0.4) is 0 Å². The fourth-order valence-electron chi connectivity index (χ4n) is 2.18. The lowest BCUT2D eigenvalue weighted by molar-refractivity contribution is 0.827. The van der Waals surface area contributed by atoms with Crippen LogP contribution in [0, 0.1) is 19.3 Å². The number of aliphatic imine (C=N–C) groups is 1. The van der Waals surface area contributed by atoms with Gasteiger partial charge in [-0.3, -0.25) is 4.99 Å². The minimum Gasteiger partial charge on any atom is -0.361 e. The van der Waals surface area contributed by atoms with E-state index in [1.165, 1.54) is 22.0 Å². The van der Waals surface area contributed by atoms with E-state index in [9.17, 15) is 0 Å². The molecule has 0 saturated carbocycles. The third-order valence-corrected chi connectivity index (χ3v) is 3.19. The monoisotopic (exact) mass is 268 g/mol. The van der Waals surface area contributed by atoms with Gasteiger partial charge in [0.2, 0.25) is 0 Å². The van der Waals surface area contributed by atoms with Gasteiger partial charge < -0.3 is 15.6 Å². The summed E-state index contributed by atoms with van der Waals surface area (Å²) in [7, 11) is 1.74. The first kappa shape index (κ1) is 14.0. The third kappa shape index (κ3) is 3.33. The first-order chi connectivity index (χ1) is 9.74. The molecule has 0 saturated heterocycles. The largest absolute Gasteiger partial charge is 0.361 e. The van der Waals surface area contributed by atoms with Gasteiger partial charge in [0.1, 0.15) is 0 Å². The minimum absolute atomic E-state index is 0.478. The fraction of sp³-hybridized carbons (Fsp3) is 0.312. The van der Waals surface area contributed by atoms with Crippen molar-refractivity contribution in [2.45, 2.75) is 13.3 Å². The maximum absolute atomic E-state index is 5.21. The van der Waals surface area contributed by atoms with Gasteiger partial charge in [-0.15, -0.1) is 6.42 Å². The molecule has 104 valence electrons. The van der Waals surface area contributed by atoms with E-state index in [-0.39, 0.29) is 0 Å². The Morgan fingerprint density at radius 3 is 3.00 bits per heavy atom. The Hall–Kier alpha value is -2.41. The zero-order chi connectivity index (χ0) is 14.4. The van der Waals surface area contributed by atoms with E-state index in [0.717, 1.165) is 18.9 Å². The Kier molecular flexibility index (Phi) is 4.67. The number of rotatable bonds is 4. The van der Waals surface area contributed by atoms with E-state index in [4.69, 9.17) is 6.42 Å². The fourth-order valence-corrected chi connectivity index (χ4v) is 2.18. The van der Waals surface area contributed by atoms with Gasteiger partial charge in [0.05, 0.1) is 6.54 Å². The summed E-state index contributed by atoms with van der Waals surface area (Å²) in [6.07, 6.45) is 8.22. The second kappa shape index (κ2) is 6.67. The van der Waals surface area contributed by atoms with Crippen LogP contribution in [-0.4, -0.2) is 31.1 Å². The number of nitrogens with zero attached hydrogens (tertiary/aromatic N) is 1. The van der Waals surface area contributed by atoms with Crippen LogP contribution in [0.2, 0.25) is 0 Å². The summed E-state index contributed by atoms with van der Waals surface area (Å²) in [5.74, 6) is 3.26. The van der Waals surface area contributed by atoms with Crippen LogP contribution in [0.5, 0.6) is 0 Å². The van der Waals surface area contributed by atoms with Crippen molar-refractivity contribution in [2.24, 2.45) is 4.99 Å². The molecule has 0 aliphatic heterocycles. The molecule has 0 atom stereocenters. The number of guanidine groups is 1. The van der Waals surface area contributed by atoms with E-state index < -0.39 is 0 Å². The second-order valence-corrected chi connectivity index (χ2v) is 4.67. The molecule has 1 heterocycles. The number of aromatic amines is 1. The molecule has 0 aliphatic rings. The highest BCUT2D eigenvalue weighted by Gasteiger charge is 2.04. The van der Waals surface area contributed by atoms with Crippen LogP contribution >= 0.6 is 0 Å². The van der Waals surface area contributed by atoms with Crippen LogP contribution in [0.4, 0.5) is 0 Å². The lowest BCUT2D eigenvalue weighted by Crippen LogP contribution is -2.38. The molecule has 1 aromatic carbocycles. The summed E-state index contributed by atoms with van der Waals surface area (Å²) in [4.78, 5) is 7.42. The highest BCUT2D eigenvalue weighted by molar-refractivity contribution is 5.84. The van der Waals surface area contributed by atoms with Gasteiger partial charge in [-0.2, -0.15) is 0 Å². The second-order valence-electron chi connectivity index (χ2n) is 4.67. The van der Waals surface area contributed by atoms with E-state index in [1.54, 1.807) is 7.05 Å². The van der Waals surface area contributed by atoms with E-state index in [2.05, 4.69) is 57.9 Å². The third-order valence-electron chi connectivity index (χ3n) is 3.19. The average molecular weight is 268 g/mol. The molecule has 0 fully saturated rings. The van der Waals surface area contributed by atoms with Gasteiger partial charge >= 0.3 is 0 Å². The molecule has 2 aromatic rings. The van der Waals surface area contributed by atoms with Crippen molar-refractivity contribution in [3.8, 4) is 12.3 Å². The van der Waals surface area contributed by atoms with Crippen LogP contribution in [0.25, 0.3) is 10.9 Å². The Bertz CT molecular complexity index is 646. The molecule has 20 heavy (non-hydrogen) atoms. The summed E-state index contributed by atoms with van der Waals surface area (Å²) >= 11 is 0. The Labute approximate surface area is 119 Å². The van der Waals surface area contributed by atoms with Crippen LogP contribution in [0.1, 0.15) is 11.1 Å². The Morgan fingerprint density at radius 1 is 1.40 bits per heavy atom. The lowest BCUT2D eigenvalue weighted by Gasteiger charge is -2.09. The number of H-pyrrole nitrogens is 1. The van der Waals surface area contributed by atoms with E-state index >= 15 is 0 Å². The van der Waals surface area contributed by atoms with Gasteiger partial charge in [0, 0.05) is 30.7 Å². The minimum atomic E-state index is 0.478. The van der Waals surface area contributed by atoms with Gasteiger partial charge in [0.25, 0.3) is 0 Å². The highest BCUT2D eigenvalue weighted by atomic mass is 15.2. The van der Waals surface area contributed by atoms with Crippen LogP contribution in [0.15, 0.2) is 29.4 Å². The van der Waals surface area contributed by atoms with Crippen molar-refractivity contribution < 1.29 is 0 Å². The number of nitrogens with one attached hydrogen (secondary N) is 3. The number of aryl methyl sites for hydroxylation is 1. The van der Waals surface area contributed by atoms with Crippen molar-refractivity contribution >= 4 is 16.9 Å². The molecule has 1 aromatic heterocycles. The van der Waals surface area contributed by atoms with Crippen LogP contribution < -0.4 is 10.6 Å². The van der Waals surface area contributed by atoms with Crippen molar-refractivity contribution in [3.05, 3.63) is 35.5 Å². The van der Waals surface area contributed by atoms with Crippen molar-refractivity contribution in [2.75, 3.05) is 20.1 Å². The molecule has 4 nitrogen and oxygen atoms in total. The molecule has 0 amide bonds. The molecule has 4 heteroatoms.